The fourth-order valence-corrected chi connectivity index (χ4v) is 11.0. The van der Waals surface area contributed by atoms with Gasteiger partial charge in [0.25, 0.3) is 0 Å². The minimum Gasteiger partial charge on any atom is -0.309 e. The molecule has 0 bridgehead atoms. The van der Waals surface area contributed by atoms with Gasteiger partial charge in [-0.15, -0.1) is 0 Å². The van der Waals surface area contributed by atoms with Gasteiger partial charge in [-0.2, -0.15) is 0 Å². The van der Waals surface area contributed by atoms with E-state index in [1.807, 2.05) is 0 Å². The van der Waals surface area contributed by atoms with Crippen molar-refractivity contribution in [1.82, 2.24) is 13.7 Å². The highest BCUT2D eigenvalue weighted by Gasteiger charge is 2.26. The summed E-state index contributed by atoms with van der Waals surface area (Å²) in [4.78, 5) is 0. The van der Waals surface area contributed by atoms with Crippen LogP contribution in [0.3, 0.4) is 0 Å². The van der Waals surface area contributed by atoms with Crippen LogP contribution < -0.4 is 0 Å². The molecule has 1 aliphatic rings. The van der Waals surface area contributed by atoms with Gasteiger partial charge in [0.05, 0.1) is 33.1 Å². The van der Waals surface area contributed by atoms with Gasteiger partial charge in [0.2, 0.25) is 0 Å². The van der Waals surface area contributed by atoms with Crippen LogP contribution in [0.25, 0.3) is 105 Å². The Labute approximate surface area is 366 Å². The Hall–Kier alpha value is -7.62. The molecular weight excluding hydrogens is 763 g/mol. The van der Waals surface area contributed by atoms with Crippen molar-refractivity contribution >= 4 is 65.4 Å². The molecule has 300 valence electrons. The number of fused-ring (bicyclic) bond motifs is 6. The van der Waals surface area contributed by atoms with E-state index in [2.05, 4.69) is 217 Å². The SMILES string of the molecule is Cc1ccc2c(c1)c1cc(C)ccc1n2-c1cc2c3c4c(cc(-n5c6ccc(C)cc6c6cc(C)ccc65)cc4n(-c4cc(-c5ccccc5)cc(-c5ccccc5)c4)c3c1)CC2. The van der Waals surface area contributed by atoms with Gasteiger partial charge >= 0.3 is 0 Å². The lowest BCUT2D eigenvalue weighted by Gasteiger charge is -2.18. The molecule has 1 aliphatic carbocycles. The average molecular weight is 808 g/mol. The molecule has 0 fully saturated rings. The van der Waals surface area contributed by atoms with Crippen molar-refractivity contribution in [1.29, 1.82) is 0 Å². The lowest BCUT2D eigenvalue weighted by Crippen LogP contribution is -2.03. The molecule has 9 aromatic carbocycles. The molecule has 0 unspecified atom stereocenters. The summed E-state index contributed by atoms with van der Waals surface area (Å²) < 4.78 is 7.62. The second kappa shape index (κ2) is 13.4. The number of hydrogen-bond acceptors (Lipinski definition) is 0. The highest BCUT2D eigenvalue weighted by atomic mass is 15.0. The topological polar surface area (TPSA) is 14.8 Å². The predicted octanol–water partition coefficient (Wildman–Crippen LogP) is 15.6. The van der Waals surface area contributed by atoms with E-state index >= 15 is 0 Å². The van der Waals surface area contributed by atoms with Crippen molar-refractivity contribution in [3.05, 3.63) is 209 Å². The molecule has 0 aliphatic heterocycles. The molecule has 0 atom stereocenters. The predicted molar refractivity (Wildman–Crippen MR) is 267 cm³/mol. The molecule has 0 saturated carbocycles. The lowest BCUT2D eigenvalue weighted by molar-refractivity contribution is 0.962. The minimum absolute atomic E-state index is 0.972. The van der Waals surface area contributed by atoms with Gasteiger partial charge < -0.3 is 13.7 Å². The maximum Gasteiger partial charge on any atom is 0.0564 e. The molecular formula is C60H45N3. The van der Waals surface area contributed by atoms with Crippen LogP contribution in [0.4, 0.5) is 0 Å². The van der Waals surface area contributed by atoms with Gasteiger partial charge in [-0.05, 0) is 165 Å². The van der Waals surface area contributed by atoms with Crippen LogP contribution in [0.15, 0.2) is 176 Å². The molecule has 3 heteroatoms. The standard InChI is InChI=1S/C60H45N3/c1-36-15-21-53-49(25-36)50-26-37(2)16-22-54(50)61(53)47-30-42-19-20-43-31-48(62-55-23-17-38(3)27-51(55)52-28-39(4)18-24-56(52)62)35-58-60(43)59(42)57(34-47)63(58)46-32-44(40-11-7-5-8-12-40)29-45(33-46)41-13-9-6-10-14-41/h5-18,21-35H,19-20H2,1-4H3. The van der Waals surface area contributed by atoms with Crippen LogP contribution in [-0.4, -0.2) is 13.7 Å². The summed E-state index contributed by atoms with van der Waals surface area (Å²) in [6.07, 6.45) is 1.94. The number of nitrogens with zero attached hydrogens (tertiary/aromatic N) is 3. The first-order valence-electron chi connectivity index (χ1n) is 22.3. The van der Waals surface area contributed by atoms with Gasteiger partial charge in [-0.3, -0.25) is 0 Å². The fraction of sp³-hybridized carbons (Fsp3) is 0.100. The summed E-state index contributed by atoms with van der Waals surface area (Å²) in [7, 11) is 0. The Morgan fingerprint density at radius 2 is 0.619 bits per heavy atom. The quantitative estimate of drug-likeness (QED) is 0.165. The Morgan fingerprint density at radius 1 is 0.286 bits per heavy atom. The van der Waals surface area contributed by atoms with Crippen LogP contribution in [0.5, 0.6) is 0 Å². The summed E-state index contributed by atoms with van der Waals surface area (Å²) in [5.74, 6) is 0. The maximum atomic E-state index is 2.60. The van der Waals surface area contributed by atoms with E-state index in [-0.39, 0.29) is 0 Å². The molecule has 3 aromatic heterocycles. The van der Waals surface area contributed by atoms with E-state index in [9.17, 15) is 0 Å². The van der Waals surface area contributed by atoms with Crippen molar-refractivity contribution in [2.45, 2.75) is 40.5 Å². The molecule has 13 rings (SSSR count). The van der Waals surface area contributed by atoms with E-state index in [0.29, 0.717) is 0 Å². The Balaban J connectivity index is 1.17. The minimum atomic E-state index is 0.972. The Morgan fingerprint density at radius 3 is 0.984 bits per heavy atom. The van der Waals surface area contributed by atoms with E-state index in [1.165, 1.54) is 132 Å². The highest BCUT2D eigenvalue weighted by molar-refractivity contribution is 6.16. The number of hydrogen-bond donors (Lipinski definition) is 0. The van der Waals surface area contributed by atoms with E-state index in [1.54, 1.807) is 0 Å². The molecule has 0 amide bonds. The summed E-state index contributed by atoms with van der Waals surface area (Å²) in [6.45, 7) is 8.81. The molecule has 0 spiro atoms. The zero-order chi connectivity index (χ0) is 42.1. The fourth-order valence-electron chi connectivity index (χ4n) is 11.0. The van der Waals surface area contributed by atoms with Gasteiger partial charge in [-0.25, -0.2) is 0 Å². The number of benzene rings is 9. The maximum absolute atomic E-state index is 2.60. The van der Waals surface area contributed by atoms with Crippen LogP contribution in [-0.2, 0) is 12.8 Å². The first-order chi connectivity index (χ1) is 30.8. The van der Waals surface area contributed by atoms with Crippen molar-refractivity contribution in [3.8, 4) is 39.3 Å². The van der Waals surface area contributed by atoms with Crippen molar-refractivity contribution in [3.63, 3.8) is 0 Å². The first-order valence-corrected chi connectivity index (χ1v) is 22.3. The van der Waals surface area contributed by atoms with Gasteiger partial charge in [0.15, 0.2) is 0 Å². The van der Waals surface area contributed by atoms with E-state index in [0.717, 1.165) is 18.5 Å². The van der Waals surface area contributed by atoms with Crippen molar-refractivity contribution < 1.29 is 0 Å². The second-order valence-electron chi connectivity index (χ2n) is 18.1. The van der Waals surface area contributed by atoms with Gasteiger partial charge in [0.1, 0.15) is 0 Å². The summed E-state index contributed by atoms with van der Waals surface area (Å²) in [6, 6.07) is 66.6. The van der Waals surface area contributed by atoms with Crippen molar-refractivity contribution in [2.75, 3.05) is 0 Å². The highest BCUT2D eigenvalue weighted by Crippen LogP contribution is 2.46. The van der Waals surface area contributed by atoms with Crippen LogP contribution in [0.1, 0.15) is 33.4 Å². The zero-order valence-corrected chi connectivity index (χ0v) is 36.0. The zero-order valence-electron chi connectivity index (χ0n) is 36.0. The third-order valence-corrected chi connectivity index (χ3v) is 13.8. The Kier molecular flexibility index (Phi) is 7.69. The van der Waals surface area contributed by atoms with Crippen LogP contribution in [0, 0.1) is 27.7 Å². The Bertz CT molecular complexity index is 3510. The summed E-state index contributed by atoms with van der Waals surface area (Å²) >= 11 is 0. The average Bonchev–Trinajstić information content (AvgIpc) is 3.93. The second-order valence-corrected chi connectivity index (χ2v) is 18.1. The smallest absolute Gasteiger partial charge is 0.0564 e. The number of aryl methyl sites for hydroxylation is 6. The molecule has 0 N–H and O–H groups in total. The van der Waals surface area contributed by atoms with Crippen LogP contribution in [0.2, 0.25) is 0 Å². The lowest BCUT2D eigenvalue weighted by atomic mass is 9.90. The molecule has 3 heterocycles. The number of rotatable bonds is 5. The summed E-state index contributed by atoms with van der Waals surface area (Å²) in [5.41, 5.74) is 23.7. The van der Waals surface area contributed by atoms with Crippen molar-refractivity contribution in [2.24, 2.45) is 0 Å². The first kappa shape index (κ1) is 36.1. The molecule has 63 heavy (non-hydrogen) atoms. The largest absolute Gasteiger partial charge is 0.309 e. The van der Waals surface area contributed by atoms with Crippen LogP contribution >= 0.6 is 0 Å². The third-order valence-electron chi connectivity index (χ3n) is 13.8. The molecule has 0 radical (unpaired) electrons. The summed E-state index contributed by atoms with van der Waals surface area (Å²) in [5, 5.41) is 7.94. The third kappa shape index (κ3) is 5.46. The molecule has 0 saturated heterocycles. The monoisotopic (exact) mass is 807 g/mol. The number of aromatic nitrogens is 3. The molecule has 3 nitrogen and oxygen atoms in total. The normalized spacial score (nSPS) is 12.6. The van der Waals surface area contributed by atoms with Gasteiger partial charge in [0, 0.05) is 49.4 Å². The van der Waals surface area contributed by atoms with E-state index in [4.69, 9.17) is 0 Å². The molecule has 12 aromatic rings. The van der Waals surface area contributed by atoms with E-state index < -0.39 is 0 Å². The van der Waals surface area contributed by atoms with Gasteiger partial charge in [-0.1, -0.05) is 107 Å².